The average Bonchev–Trinajstić information content (AvgIpc) is 2.88. The predicted molar refractivity (Wildman–Crippen MR) is 41.8 cm³/mol. The zero-order valence-corrected chi connectivity index (χ0v) is 6.81. The number of aliphatic hydroxyl groups is 1. The van der Waals surface area contributed by atoms with Crippen molar-refractivity contribution in [3.63, 3.8) is 0 Å². The van der Waals surface area contributed by atoms with Gasteiger partial charge in [0.15, 0.2) is 0 Å². The van der Waals surface area contributed by atoms with Gasteiger partial charge in [-0.05, 0) is 0 Å². The number of hydrogen-bond donors (Lipinski definition) is 1. The molecule has 0 radical (unpaired) electrons. The maximum atomic E-state index is 9.66. The van der Waals surface area contributed by atoms with E-state index in [-0.39, 0.29) is 25.2 Å². The first-order chi connectivity index (χ1) is 5.88. The minimum absolute atomic E-state index is 0.0525. The number of epoxide rings is 1. The Morgan fingerprint density at radius 1 is 1.75 bits per heavy atom. The summed E-state index contributed by atoms with van der Waals surface area (Å²) in [7, 11) is 0. The summed E-state index contributed by atoms with van der Waals surface area (Å²) >= 11 is 0. The van der Waals surface area contributed by atoms with Crippen molar-refractivity contribution in [2.24, 2.45) is 11.1 Å². The molecule has 0 aromatic rings. The highest BCUT2D eigenvalue weighted by Gasteiger charge is 2.32. The summed E-state index contributed by atoms with van der Waals surface area (Å²) in [6.45, 7) is 1.72. The van der Waals surface area contributed by atoms with Crippen LogP contribution in [0.1, 0.15) is 0 Å². The number of nitrogens with zero attached hydrogens (tertiary/aromatic N) is 1. The minimum Gasteiger partial charge on any atom is -0.396 e. The lowest BCUT2D eigenvalue weighted by Gasteiger charge is -2.10. The van der Waals surface area contributed by atoms with Crippen LogP contribution in [-0.2, 0) is 9.47 Å². The zero-order chi connectivity index (χ0) is 8.81. The van der Waals surface area contributed by atoms with Crippen LogP contribution in [0.3, 0.4) is 0 Å². The summed E-state index contributed by atoms with van der Waals surface area (Å²) in [5.74, 6) is 0.0525. The summed E-state index contributed by atoms with van der Waals surface area (Å²) < 4.78 is 10.1. The molecule has 1 N–H and O–H groups in total. The summed E-state index contributed by atoms with van der Waals surface area (Å²) in [5.41, 5.74) is 0. The van der Waals surface area contributed by atoms with E-state index < -0.39 is 0 Å². The maximum absolute atomic E-state index is 9.66. The monoisotopic (exact) mass is 175 g/mol. The molecule has 0 aromatic carbocycles. The molecule has 0 spiro atoms. The van der Waals surface area contributed by atoms with Gasteiger partial charge < -0.3 is 14.6 Å². The fourth-order valence-corrected chi connectivity index (χ4v) is 0.942. The molecule has 1 heterocycles. The Balaban J connectivity index is 1.98. The number of nitroso groups, excluding NO2 is 1. The van der Waals surface area contributed by atoms with Crippen molar-refractivity contribution in [2.45, 2.75) is 6.10 Å². The summed E-state index contributed by atoms with van der Waals surface area (Å²) in [5, 5.41) is 11.5. The molecule has 0 amide bonds. The van der Waals surface area contributed by atoms with Crippen molar-refractivity contribution in [3.8, 4) is 0 Å². The molecule has 2 atom stereocenters. The van der Waals surface area contributed by atoms with E-state index in [9.17, 15) is 4.91 Å². The van der Waals surface area contributed by atoms with Gasteiger partial charge in [0.05, 0.1) is 32.5 Å². The van der Waals surface area contributed by atoms with Crippen LogP contribution in [0.25, 0.3) is 0 Å². The fourth-order valence-electron chi connectivity index (χ4n) is 0.942. The molecule has 1 fully saturated rings. The molecule has 1 rings (SSSR count). The van der Waals surface area contributed by atoms with Gasteiger partial charge in [0.25, 0.3) is 0 Å². The molecule has 5 nitrogen and oxygen atoms in total. The molecule has 0 saturated carbocycles. The molecular formula is C7H13NO4. The Kier molecular flexibility index (Phi) is 4.13. The van der Waals surface area contributed by atoms with Gasteiger partial charge in [0.1, 0.15) is 6.54 Å². The molecule has 12 heavy (non-hydrogen) atoms. The van der Waals surface area contributed by atoms with Crippen LogP contribution in [0.4, 0.5) is 0 Å². The summed E-state index contributed by atoms with van der Waals surface area (Å²) in [4.78, 5) is 9.66. The standard InChI is InChI=1S/C7H13NO4/c9-3-6(7-5-12-7)4-11-2-1-8-10/h6-7,9H,1-5H2. The van der Waals surface area contributed by atoms with Crippen molar-refractivity contribution in [1.82, 2.24) is 0 Å². The van der Waals surface area contributed by atoms with Crippen molar-refractivity contribution >= 4 is 0 Å². The van der Waals surface area contributed by atoms with E-state index in [2.05, 4.69) is 5.18 Å². The minimum atomic E-state index is 0.0525. The van der Waals surface area contributed by atoms with Gasteiger partial charge >= 0.3 is 0 Å². The third-order valence-corrected chi connectivity index (χ3v) is 1.78. The van der Waals surface area contributed by atoms with Crippen molar-refractivity contribution in [3.05, 3.63) is 4.91 Å². The molecule has 1 aliphatic rings. The van der Waals surface area contributed by atoms with Crippen molar-refractivity contribution in [2.75, 3.05) is 33.0 Å². The second kappa shape index (κ2) is 5.18. The zero-order valence-electron chi connectivity index (χ0n) is 6.81. The van der Waals surface area contributed by atoms with Crippen LogP contribution in [0.2, 0.25) is 0 Å². The van der Waals surface area contributed by atoms with Crippen LogP contribution in [0, 0.1) is 10.8 Å². The number of ether oxygens (including phenoxy) is 2. The second-order valence-electron chi connectivity index (χ2n) is 2.74. The first kappa shape index (κ1) is 9.57. The average molecular weight is 175 g/mol. The van der Waals surface area contributed by atoms with E-state index in [4.69, 9.17) is 14.6 Å². The topological polar surface area (TPSA) is 71.4 Å². The molecule has 2 unspecified atom stereocenters. The van der Waals surface area contributed by atoms with E-state index in [1.807, 2.05) is 0 Å². The van der Waals surface area contributed by atoms with Gasteiger partial charge in [-0.2, -0.15) is 4.91 Å². The third kappa shape index (κ3) is 3.25. The summed E-state index contributed by atoms with van der Waals surface area (Å²) in [6, 6.07) is 0. The van der Waals surface area contributed by atoms with Gasteiger partial charge in [0, 0.05) is 5.92 Å². The first-order valence-electron chi connectivity index (χ1n) is 3.97. The molecule has 70 valence electrons. The SMILES string of the molecule is O=NCCOCC(CO)C1CO1. The highest BCUT2D eigenvalue weighted by molar-refractivity contribution is 4.78. The molecule has 0 bridgehead atoms. The quantitative estimate of drug-likeness (QED) is 0.330. The Hall–Kier alpha value is -0.520. The molecule has 0 aromatic heterocycles. The van der Waals surface area contributed by atoms with Crippen LogP contribution in [0.15, 0.2) is 5.18 Å². The lowest BCUT2D eigenvalue weighted by molar-refractivity contribution is 0.0644. The predicted octanol–water partition coefficient (Wildman–Crippen LogP) is -0.223. The highest BCUT2D eigenvalue weighted by Crippen LogP contribution is 2.19. The van der Waals surface area contributed by atoms with Gasteiger partial charge in [-0.3, -0.25) is 0 Å². The van der Waals surface area contributed by atoms with Gasteiger partial charge in [0.2, 0.25) is 0 Å². The molecule has 0 aliphatic carbocycles. The van der Waals surface area contributed by atoms with Gasteiger partial charge in [-0.15, -0.1) is 0 Å². The van der Waals surface area contributed by atoms with Crippen LogP contribution in [0.5, 0.6) is 0 Å². The maximum Gasteiger partial charge on any atom is 0.104 e. The number of aliphatic hydroxyl groups excluding tert-OH is 1. The lowest BCUT2D eigenvalue weighted by atomic mass is 10.1. The Bertz CT molecular complexity index is 137. The molecule has 5 heteroatoms. The normalized spacial score (nSPS) is 23.6. The summed E-state index contributed by atoms with van der Waals surface area (Å²) in [6.07, 6.45) is 0.152. The van der Waals surface area contributed by atoms with Crippen LogP contribution < -0.4 is 0 Å². The third-order valence-electron chi connectivity index (χ3n) is 1.78. The van der Waals surface area contributed by atoms with E-state index in [1.54, 1.807) is 0 Å². The highest BCUT2D eigenvalue weighted by atomic mass is 16.6. The fraction of sp³-hybridized carbons (Fsp3) is 1.00. The smallest absolute Gasteiger partial charge is 0.104 e. The molecular weight excluding hydrogens is 162 g/mol. The van der Waals surface area contributed by atoms with E-state index in [1.165, 1.54) is 0 Å². The van der Waals surface area contributed by atoms with E-state index in [0.29, 0.717) is 19.8 Å². The van der Waals surface area contributed by atoms with Crippen molar-refractivity contribution < 1.29 is 14.6 Å². The largest absolute Gasteiger partial charge is 0.396 e. The Labute approximate surface area is 70.6 Å². The van der Waals surface area contributed by atoms with Gasteiger partial charge in [-0.1, -0.05) is 5.18 Å². The molecule has 1 aliphatic heterocycles. The lowest BCUT2D eigenvalue weighted by Crippen LogP contribution is -2.20. The Morgan fingerprint density at radius 2 is 2.50 bits per heavy atom. The van der Waals surface area contributed by atoms with Crippen LogP contribution >= 0.6 is 0 Å². The van der Waals surface area contributed by atoms with Crippen LogP contribution in [-0.4, -0.2) is 44.2 Å². The molecule has 1 saturated heterocycles. The van der Waals surface area contributed by atoms with E-state index in [0.717, 1.165) is 0 Å². The number of hydrogen-bond acceptors (Lipinski definition) is 5. The van der Waals surface area contributed by atoms with Gasteiger partial charge in [-0.25, -0.2) is 0 Å². The van der Waals surface area contributed by atoms with E-state index >= 15 is 0 Å². The van der Waals surface area contributed by atoms with Crippen molar-refractivity contribution in [1.29, 1.82) is 0 Å². The Morgan fingerprint density at radius 3 is 3.00 bits per heavy atom. The second-order valence-corrected chi connectivity index (χ2v) is 2.74. The number of rotatable bonds is 7. The first-order valence-corrected chi connectivity index (χ1v) is 3.97.